The minimum Gasteiger partial charge on any atom is -0.486 e. The number of hydrogen-bond donors (Lipinski definition) is 1. The number of carbonyl (C=O) groups is 2. The van der Waals surface area contributed by atoms with Crippen molar-refractivity contribution in [3.8, 4) is 5.75 Å². The Hall–Kier alpha value is -3.06. The van der Waals surface area contributed by atoms with Crippen molar-refractivity contribution in [2.45, 2.75) is 39.7 Å². The number of hydrogen-bond acceptors (Lipinski definition) is 6. The van der Waals surface area contributed by atoms with Crippen LogP contribution in [0.2, 0.25) is 0 Å². The van der Waals surface area contributed by atoms with Crippen molar-refractivity contribution in [2.75, 3.05) is 12.4 Å². The standard InChI is InChI=1S/C23H25NO5S/c1-5-14(2)16-6-8-17(9-7-16)28-13-18-10-11-20(29-18)21(25)24-22-19(23(26)27-4)12-15(3)30-22/h6-12,14H,5,13H2,1-4H3,(H,24,25). The zero-order valence-electron chi connectivity index (χ0n) is 17.5. The lowest BCUT2D eigenvalue weighted by Gasteiger charge is -2.10. The van der Waals surface area contributed by atoms with Crippen molar-refractivity contribution in [3.63, 3.8) is 0 Å². The topological polar surface area (TPSA) is 77.8 Å². The van der Waals surface area contributed by atoms with E-state index in [4.69, 9.17) is 13.9 Å². The van der Waals surface area contributed by atoms with E-state index in [0.29, 0.717) is 22.2 Å². The van der Waals surface area contributed by atoms with E-state index in [0.717, 1.165) is 17.0 Å². The Morgan fingerprint density at radius 1 is 1.17 bits per heavy atom. The molecule has 0 aliphatic rings. The highest BCUT2D eigenvalue weighted by atomic mass is 32.1. The second-order valence-corrected chi connectivity index (χ2v) is 8.23. The van der Waals surface area contributed by atoms with Crippen LogP contribution in [-0.2, 0) is 11.3 Å². The summed E-state index contributed by atoms with van der Waals surface area (Å²) in [5, 5.41) is 3.15. The van der Waals surface area contributed by atoms with Crippen molar-refractivity contribution in [1.29, 1.82) is 0 Å². The van der Waals surface area contributed by atoms with Crippen molar-refractivity contribution in [1.82, 2.24) is 0 Å². The minimum absolute atomic E-state index is 0.141. The third-order valence-electron chi connectivity index (χ3n) is 4.82. The molecule has 158 valence electrons. The Morgan fingerprint density at radius 3 is 2.57 bits per heavy atom. The van der Waals surface area contributed by atoms with Crippen LogP contribution >= 0.6 is 11.3 Å². The molecule has 1 amide bonds. The molecule has 3 rings (SSSR count). The number of nitrogens with one attached hydrogen (secondary N) is 1. The van der Waals surface area contributed by atoms with Gasteiger partial charge in [-0.25, -0.2) is 4.79 Å². The minimum atomic E-state index is -0.498. The van der Waals surface area contributed by atoms with Gasteiger partial charge in [0.1, 0.15) is 23.1 Å². The van der Waals surface area contributed by atoms with Crippen LogP contribution < -0.4 is 10.1 Å². The summed E-state index contributed by atoms with van der Waals surface area (Å²) in [5.74, 6) is 0.983. The molecule has 0 saturated heterocycles. The first kappa shape index (κ1) is 21.6. The largest absolute Gasteiger partial charge is 0.486 e. The molecule has 2 aromatic heterocycles. The van der Waals surface area contributed by atoms with Crippen molar-refractivity contribution in [3.05, 3.63) is 70.0 Å². The quantitative estimate of drug-likeness (QED) is 0.461. The van der Waals surface area contributed by atoms with Gasteiger partial charge in [-0.1, -0.05) is 26.0 Å². The molecule has 1 atom stereocenters. The maximum absolute atomic E-state index is 12.5. The van der Waals surface area contributed by atoms with Crippen LogP contribution in [0.5, 0.6) is 5.75 Å². The number of ether oxygens (including phenoxy) is 2. The zero-order valence-corrected chi connectivity index (χ0v) is 18.3. The highest BCUT2D eigenvalue weighted by molar-refractivity contribution is 7.16. The molecule has 0 aliphatic heterocycles. The van der Waals surface area contributed by atoms with Crippen molar-refractivity contribution < 1.29 is 23.5 Å². The molecule has 0 spiro atoms. The van der Waals surface area contributed by atoms with Crippen LogP contribution in [0.15, 0.2) is 46.9 Å². The van der Waals surface area contributed by atoms with Gasteiger partial charge in [-0.3, -0.25) is 4.79 Å². The predicted octanol–water partition coefficient (Wildman–Crippen LogP) is 5.78. The molecule has 0 aliphatic carbocycles. The number of aryl methyl sites for hydroxylation is 1. The third kappa shape index (κ3) is 5.10. The highest BCUT2D eigenvalue weighted by Crippen LogP contribution is 2.29. The van der Waals surface area contributed by atoms with Crippen molar-refractivity contribution >= 4 is 28.2 Å². The van der Waals surface area contributed by atoms with Crippen molar-refractivity contribution in [2.24, 2.45) is 0 Å². The number of carbonyl (C=O) groups excluding carboxylic acids is 2. The third-order valence-corrected chi connectivity index (χ3v) is 5.78. The van der Waals surface area contributed by atoms with Gasteiger partial charge in [-0.05, 0) is 55.2 Å². The predicted molar refractivity (Wildman–Crippen MR) is 117 cm³/mol. The van der Waals surface area contributed by atoms with E-state index >= 15 is 0 Å². The Morgan fingerprint density at radius 2 is 1.90 bits per heavy atom. The number of anilines is 1. The molecule has 0 radical (unpaired) electrons. The molecule has 1 aromatic carbocycles. The summed E-state index contributed by atoms with van der Waals surface area (Å²) >= 11 is 1.30. The number of esters is 1. The van der Waals surface area contributed by atoms with Gasteiger partial charge in [0.05, 0.1) is 12.7 Å². The average Bonchev–Trinajstić information content (AvgIpc) is 3.38. The fourth-order valence-electron chi connectivity index (χ4n) is 2.89. The van der Waals surface area contributed by atoms with Gasteiger partial charge >= 0.3 is 5.97 Å². The molecule has 1 N–H and O–H groups in total. The van der Waals surface area contributed by atoms with E-state index in [1.165, 1.54) is 24.0 Å². The first-order valence-corrected chi connectivity index (χ1v) is 10.5. The normalized spacial score (nSPS) is 11.7. The lowest BCUT2D eigenvalue weighted by atomic mass is 9.99. The van der Waals surface area contributed by atoms with Gasteiger partial charge in [0.15, 0.2) is 5.76 Å². The fourth-order valence-corrected chi connectivity index (χ4v) is 3.79. The molecule has 0 bridgehead atoms. The summed E-state index contributed by atoms with van der Waals surface area (Å²) in [6.07, 6.45) is 1.09. The summed E-state index contributed by atoms with van der Waals surface area (Å²) in [6, 6.07) is 13.0. The first-order valence-electron chi connectivity index (χ1n) is 9.72. The second kappa shape index (κ2) is 9.63. The van der Waals surface area contributed by atoms with Gasteiger partial charge in [0.2, 0.25) is 0 Å². The summed E-state index contributed by atoms with van der Waals surface area (Å²) in [7, 11) is 1.30. The van der Waals surface area contributed by atoms with E-state index in [1.54, 1.807) is 18.2 Å². The van der Waals surface area contributed by atoms with E-state index in [2.05, 4.69) is 31.3 Å². The lowest BCUT2D eigenvalue weighted by Crippen LogP contribution is -2.13. The van der Waals surface area contributed by atoms with Crippen LogP contribution in [0.1, 0.15) is 63.3 Å². The molecule has 3 aromatic rings. The summed E-state index contributed by atoms with van der Waals surface area (Å²) in [6.45, 7) is 6.42. The zero-order chi connectivity index (χ0) is 21.7. The Bertz CT molecular complexity index is 1020. The van der Waals surface area contributed by atoms with Crippen LogP contribution in [-0.4, -0.2) is 19.0 Å². The summed E-state index contributed by atoms with van der Waals surface area (Å²) in [4.78, 5) is 25.3. The highest BCUT2D eigenvalue weighted by Gasteiger charge is 2.19. The van der Waals surface area contributed by atoms with Gasteiger partial charge < -0.3 is 19.2 Å². The van der Waals surface area contributed by atoms with E-state index in [-0.39, 0.29) is 12.4 Å². The molecule has 30 heavy (non-hydrogen) atoms. The maximum atomic E-state index is 12.5. The molecule has 0 saturated carbocycles. The van der Waals surface area contributed by atoms with E-state index in [1.807, 2.05) is 19.1 Å². The first-order chi connectivity index (χ1) is 14.4. The molecule has 0 fully saturated rings. The molecule has 7 heteroatoms. The van der Waals surface area contributed by atoms with Crippen LogP contribution in [0.4, 0.5) is 5.00 Å². The number of thiophene rings is 1. The summed E-state index contributed by atoms with van der Waals surface area (Å²) < 4.78 is 16.1. The number of furan rings is 1. The lowest BCUT2D eigenvalue weighted by molar-refractivity contribution is 0.0602. The average molecular weight is 428 g/mol. The second-order valence-electron chi connectivity index (χ2n) is 6.98. The smallest absolute Gasteiger partial charge is 0.340 e. The van der Waals surface area contributed by atoms with Crippen LogP contribution in [0.25, 0.3) is 0 Å². The van der Waals surface area contributed by atoms with Gasteiger partial charge in [-0.2, -0.15) is 0 Å². The Kier molecular flexibility index (Phi) is 6.95. The van der Waals surface area contributed by atoms with Gasteiger partial charge in [-0.15, -0.1) is 11.3 Å². The van der Waals surface area contributed by atoms with Crippen LogP contribution in [0, 0.1) is 6.92 Å². The maximum Gasteiger partial charge on any atom is 0.340 e. The van der Waals surface area contributed by atoms with Crippen LogP contribution in [0.3, 0.4) is 0 Å². The Balaban J connectivity index is 1.61. The van der Waals surface area contributed by atoms with E-state index in [9.17, 15) is 9.59 Å². The molecule has 6 nitrogen and oxygen atoms in total. The summed E-state index contributed by atoms with van der Waals surface area (Å²) in [5.41, 5.74) is 1.60. The number of benzene rings is 1. The number of methoxy groups -OCH3 is 1. The van der Waals surface area contributed by atoms with Gasteiger partial charge in [0.25, 0.3) is 5.91 Å². The van der Waals surface area contributed by atoms with E-state index < -0.39 is 11.9 Å². The fraction of sp³-hybridized carbons (Fsp3) is 0.304. The molecule has 1 unspecified atom stereocenters. The van der Waals surface area contributed by atoms with Gasteiger partial charge in [0, 0.05) is 4.88 Å². The molecular weight excluding hydrogens is 402 g/mol. The molecule has 2 heterocycles. The molecular formula is C23H25NO5S. The number of rotatable bonds is 8. The SMILES string of the molecule is CCC(C)c1ccc(OCc2ccc(C(=O)Nc3sc(C)cc3C(=O)OC)o2)cc1. The Labute approximate surface area is 179 Å². The monoisotopic (exact) mass is 427 g/mol. The number of amides is 1.